The van der Waals surface area contributed by atoms with Gasteiger partial charge >= 0.3 is 0 Å². The molecule has 1 rings (SSSR count). The molecule has 0 aliphatic carbocycles. The maximum Gasteiger partial charge on any atom is 0.0912 e. The maximum atomic E-state index is 9.37. The van der Waals surface area contributed by atoms with Gasteiger partial charge < -0.3 is 9.84 Å². The van der Waals surface area contributed by atoms with Crippen LogP contribution < -0.4 is 0 Å². The monoisotopic (exact) mass is 128 g/mol. The molecule has 0 saturated heterocycles. The van der Waals surface area contributed by atoms with E-state index in [9.17, 15) is 5.11 Å². The largest absolute Gasteiger partial charge is 0.501 e. The van der Waals surface area contributed by atoms with Gasteiger partial charge in [0.1, 0.15) is 0 Å². The van der Waals surface area contributed by atoms with Crippen LogP contribution in [-0.2, 0) is 4.74 Å². The molecule has 0 saturated carbocycles. The van der Waals surface area contributed by atoms with E-state index in [4.69, 9.17) is 4.74 Å². The quantitative estimate of drug-likeness (QED) is 0.572. The third-order valence-electron chi connectivity index (χ3n) is 1.50. The molecule has 52 valence electrons. The van der Waals surface area contributed by atoms with E-state index in [2.05, 4.69) is 0 Å². The molecule has 2 heteroatoms. The number of hydrogen-bond acceptors (Lipinski definition) is 2. The lowest BCUT2D eigenvalue weighted by Crippen LogP contribution is -2.20. The average molecular weight is 128 g/mol. The Balaban J connectivity index is 2.61. The Hall–Kier alpha value is -0.500. The fourth-order valence-corrected chi connectivity index (χ4v) is 0.837. The molecule has 0 amide bonds. The van der Waals surface area contributed by atoms with Crippen LogP contribution in [0.5, 0.6) is 0 Å². The first-order valence-corrected chi connectivity index (χ1v) is 3.14. The predicted molar refractivity (Wildman–Crippen MR) is 34.9 cm³/mol. The van der Waals surface area contributed by atoms with Crippen LogP contribution in [0.4, 0.5) is 0 Å². The molecular weight excluding hydrogens is 116 g/mol. The molecular formula is C7H12O2. The Bertz CT molecular complexity index is 130. The van der Waals surface area contributed by atoms with Crippen molar-refractivity contribution >= 4 is 0 Å². The minimum Gasteiger partial charge on any atom is -0.501 e. The molecule has 2 nitrogen and oxygen atoms in total. The maximum absolute atomic E-state index is 9.37. The van der Waals surface area contributed by atoms with Crippen molar-refractivity contribution in [1.82, 2.24) is 0 Å². The summed E-state index contributed by atoms with van der Waals surface area (Å²) in [5.74, 6) is 0. The zero-order valence-electron chi connectivity index (χ0n) is 5.85. The highest BCUT2D eigenvalue weighted by molar-refractivity contribution is 5.13. The highest BCUT2D eigenvalue weighted by atomic mass is 16.5. The second kappa shape index (κ2) is 2.03. The fourth-order valence-electron chi connectivity index (χ4n) is 0.837. The minimum absolute atomic E-state index is 0.684. The summed E-state index contributed by atoms with van der Waals surface area (Å²) >= 11 is 0. The molecule has 9 heavy (non-hydrogen) atoms. The van der Waals surface area contributed by atoms with Crippen molar-refractivity contribution in [2.75, 3.05) is 6.61 Å². The van der Waals surface area contributed by atoms with Gasteiger partial charge in [-0.05, 0) is 19.4 Å². The van der Waals surface area contributed by atoms with Gasteiger partial charge in [0.05, 0.1) is 18.5 Å². The third kappa shape index (κ3) is 1.45. The van der Waals surface area contributed by atoms with E-state index in [1.165, 1.54) is 0 Å². The van der Waals surface area contributed by atoms with Crippen LogP contribution in [0.2, 0.25) is 0 Å². The highest BCUT2D eigenvalue weighted by Crippen LogP contribution is 2.22. The molecule has 0 radical (unpaired) electrons. The summed E-state index contributed by atoms with van der Waals surface area (Å²) in [6.45, 7) is 4.26. The number of ether oxygens (including phenoxy) is 1. The van der Waals surface area contributed by atoms with Gasteiger partial charge in [0, 0.05) is 6.42 Å². The van der Waals surface area contributed by atoms with E-state index < -0.39 is 5.60 Å². The number of hydrogen-bond donors (Lipinski definition) is 1. The van der Waals surface area contributed by atoms with E-state index in [0.29, 0.717) is 0 Å². The second-order valence-electron chi connectivity index (χ2n) is 2.82. The van der Waals surface area contributed by atoms with Crippen LogP contribution in [0.1, 0.15) is 20.3 Å². The van der Waals surface area contributed by atoms with Gasteiger partial charge in [-0.1, -0.05) is 0 Å². The summed E-state index contributed by atoms with van der Waals surface area (Å²) in [4.78, 5) is 0. The van der Waals surface area contributed by atoms with Gasteiger partial charge in [0.2, 0.25) is 0 Å². The highest BCUT2D eigenvalue weighted by Gasteiger charge is 2.22. The third-order valence-corrected chi connectivity index (χ3v) is 1.50. The Morgan fingerprint density at radius 3 is 2.56 bits per heavy atom. The summed E-state index contributed by atoms with van der Waals surface area (Å²) < 4.78 is 4.96. The van der Waals surface area contributed by atoms with Crippen LogP contribution in [0, 0.1) is 0 Å². The van der Waals surface area contributed by atoms with Gasteiger partial charge in [-0.15, -0.1) is 0 Å². The predicted octanol–water partition coefficient (Wildman–Crippen LogP) is 1.06. The van der Waals surface area contributed by atoms with Gasteiger partial charge in [0.15, 0.2) is 0 Å². The average Bonchev–Trinajstić information content (AvgIpc) is 2.08. The number of rotatable bonds is 1. The second-order valence-corrected chi connectivity index (χ2v) is 2.82. The Morgan fingerprint density at radius 1 is 1.67 bits per heavy atom. The topological polar surface area (TPSA) is 29.5 Å². The zero-order chi connectivity index (χ0) is 6.91. The van der Waals surface area contributed by atoms with Crippen molar-refractivity contribution < 1.29 is 9.84 Å². The first-order valence-electron chi connectivity index (χ1n) is 3.14. The molecule has 0 fully saturated rings. The van der Waals surface area contributed by atoms with Crippen molar-refractivity contribution in [2.24, 2.45) is 0 Å². The Morgan fingerprint density at radius 2 is 2.33 bits per heavy atom. The van der Waals surface area contributed by atoms with Crippen molar-refractivity contribution in [3.05, 3.63) is 11.8 Å². The van der Waals surface area contributed by atoms with Crippen LogP contribution >= 0.6 is 0 Å². The molecule has 0 aromatic rings. The summed E-state index contributed by atoms with van der Waals surface area (Å²) in [5, 5.41) is 9.37. The lowest BCUT2D eigenvalue weighted by molar-refractivity contribution is 0.117. The van der Waals surface area contributed by atoms with Crippen molar-refractivity contribution in [2.45, 2.75) is 25.9 Å². The molecule has 0 unspecified atom stereocenters. The molecule has 0 spiro atoms. The standard InChI is InChI=1S/C7H12O2/c1-7(2,8)6-3-4-9-5-6/h5,8H,3-4H2,1-2H3. The summed E-state index contributed by atoms with van der Waals surface area (Å²) in [5.41, 5.74) is 0.304. The SMILES string of the molecule is CC(C)(O)C1=COCC1. The van der Waals surface area contributed by atoms with Gasteiger partial charge in [-0.25, -0.2) is 0 Å². The Kier molecular flexibility index (Phi) is 1.49. The summed E-state index contributed by atoms with van der Waals surface area (Å²) in [6.07, 6.45) is 2.52. The lowest BCUT2D eigenvalue weighted by atomic mass is 9.98. The van der Waals surface area contributed by atoms with E-state index in [1.54, 1.807) is 20.1 Å². The van der Waals surface area contributed by atoms with Crippen LogP contribution in [0.25, 0.3) is 0 Å². The molecule has 0 bridgehead atoms. The van der Waals surface area contributed by atoms with Crippen LogP contribution in [0.15, 0.2) is 11.8 Å². The lowest BCUT2D eigenvalue weighted by Gasteiger charge is -2.16. The molecule has 0 atom stereocenters. The summed E-state index contributed by atoms with van der Waals surface area (Å²) in [6, 6.07) is 0. The van der Waals surface area contributed by atoms with Gasteiger partial charge in [0.25, 0.3) is 0 Å². The molecule has 1 heterocycles. The van der Waals surface area contributed by atoms with E-state index in [0.717, 1.165) is 18.6 Å². The van der Waals surface area contributed by atoms with Crippen molar-refractivity contribution in [3.8, 4) is 0 Å². The molecule has 0 aromatic heterocycles. The minimum atomic E-state index is -0.684. The van der Waals surface area contributed by atoms with Gasteiger partial charge in [-0.2, -0.15) is 0 Å². The number of aliphatic hydroxyl groups is 1. The molecule has 1 aliphatic heterocycles. The van der Waals surface area contributed by atoms with Crippen molar-refractivity contribution in [1.29, 1.82) is 0 Å². The molecule has 1 N–H and O–H groups in total. The van der Waals surface area contributed by atoms with E-state index in [-0.39, 0.29) is 0 Å². The van der Waals surface area contributed by atoms with Gasteiger partial charge in [-0.3, -0.25) is 0 Å². The smallest absolute Gasteiger partial charge is 0.0912 e. The van der Waals surface area contributed by atoms with Crippen LogP contribution in [0.3, 0.4) is 0 Å². The van der Waals surface area contributed by atoms with Crippen molar-refractivity contribution in [3.63, 3.8) is 0 Å². The first-order chi connectivity index (χ1) is 4.11. The zero-order valence-corrected chi connectivity index (χ0v) is 5.85. The first kappa shape index (κ1) is 6.62. The molecule has 1 aliphatic rings. The van der Waals surface area contributed by atoms with E-state index in [1.807, 2.05) is 0 Å². The normalized spacial score (nSPS) is 19.2. The Labute approximate surface area is 55.1 Å². The van der Waals surface area contributed by atoms with E-state index >= 15 is 0 Å². The molecule has 0 aromatic carbocycles. The fraction of sp³-hybridized carbons (Fsp3) is 0.714. The van der Waals surface area contributed by atoms with Crippen LogP contribution in [-0.4, -0.2) is 17.3 Å². The summed E-state index contributed by atoms with van der Waals surface area (Å²) in [7, 11) is 0.